The van der Waals surface area contributed by atoms with E-state index in [9.17, 15) is 4.79 Å². The topological polar surface area (TPSA) is 26.3 Å². The lowest BCUT2D eigenvalue weighted by atomic mass is 10.0. The number of halogens is 1. The lowest BCUT2D eigenvalue weighted by Gasteiger charge is -2.00. The van der Waals surface area contributed by atoms with Crippen molar-refractivity contribution >= 4 is 23.1 Å². The monoisotopic (exact) mass is 208 g/mol. The van der Waals surface area contributed by atoms with Gasteiger partial charge in [0.25, 0.3) is 0 Å². The van der Waals surface area contributed by atoms with Crippen molar-refractivity contribution in [1.29, 1.82) is 0 Å². The lowest BCUT2D eigenvalue weighted by Crippen LogP contribution is -1.91. The third-order valence-electron chi connectivity index (χ3n) is 2.21. The molecule has 2 rings (SSSR count). The molecule has 0 amide bonds. The number of carbonyl (C=O) groups excluding carboxylic acids is 1. The van der Waals surface area contributed by atoms with E-state index in [4.69, 9.17) is 16.3 Å². The van der Waals surface area contributed by atoms with Crippen LogP contribution in [-0.2, 0) is 9.53 Å². The lowest BCUT2D eigenvalue weighted by molar-refractivity contribution is -0.136. The average molecular weight is 209 g/mol. The van der Waals surface area contributed by atoms with Gasteiger partial charge in [-0.25, -0.2) is 0 Å². The van der Waals surface area contributed by atoms with Crippen LogP contribution < -0.4 is 0 Å². The normalized spacial score (nSPS) is 16.0. The summed E-state index contributed by atoms with van der Waals surface area (Å²) in [7, 11) is 0. The molecule has 2 nitrogen and oxygen atoms in total. The number of carbonyl (C=O) groups is 1. The summed E-state index contributed by atoms with van der Waals surface area (Å²) in [6.07, 6.45) is 0.355. The smallest absolute Gasteiger partial charge is 0.315 e. The summed E-state index contributed by atoms with van der Waals surface area (Å²) >= 11 is 5.77. The van der Waals surface area contributed by atoms with Crippen LogP contribution in [0.1, 0.15) is 18.9 Å². The summed E-state index contributed by atoms with van der Waals surface area (Å²) in [6.45, 7) is 1.80. The van der Waals surface area contributed by atoms with Gasteiger partial charge < -0.3 is 4.74 Å². The molecule has 1 aliphatic rings. The molecule has 0 saturated heterocycles. The van der Waals surface area contributed by atoms with Crippen LogP contribution in [0.3, 0.4) is 0 Å². The Hall–Kier alpha value is -1.28. The second-order valence-corrected chi connectivity index (χ2v) is 3.63. The van der Waals surface area contributed by atoms with E-state index in [1.165, 1.54) is 0 Å². The molecule has 0 N–H and O–H groups in total. The number of esters is 1. The molecular weight excluding hydrogens is 200 g/mol. The third kappa shape index (κ3) is 1.66. The number of hydrogen-bond acceptors (Lipinski definition) is 2. The molecule has 0 aromatic heterocycles. The average Bonchev–Trinajstić information content (AvgIpc) is 2.47. The summed E-state index contributed by atoms with van der Waals surface area (Å²) in [5.74, 6) is 0.504. The maximum atomic E-state index is 11.0. The number of rotatable bonds is 1. The summed E-state index contributed by atoms with van der Waals surface area (Å²) in [5.41, 5.74) is 1.95. The summed E-state index contributed by atoms with van der Waals surface area (Å²) in [5, 5.41) is 0.692. The Balaban J connectivity index is 2.36. The molecule has 1 aromatic rings. The first-order valence-corrected chi connectivity index (χ1v) is 4.71. The van der Waals surface area contributed by atoms with E-state index in [1.807, 2.05) is 12.1 Å². The summed E-state index contributed by atoms with van der Waals surface area (Å²) < 4.78 is 4.97. The van der Waals surface area contributed by atoms with Gasteiger partial charge in [0.15, 0.2) is 0 Å². The van der Waals surface area contributed by atoms with Gasteiger partial charge in [-0.3, -0.25) is 4.79 Å². The first-order chi connectivity index (χ1) is 6.66. The molecule has 0 spiro atoms. The van der Waals surface area contributed by atoms with Gasteiger partial charge in [0, 0.05) is 10.6 Å². The zero-order valence-electron chi connectivity index (χ0n) is 7.71. The number of cyclic esters (lactones) is 1. The fraction of sp³-hybridized carbons (Fsp3) is 0.182. The zero-order chi connectivity index (χ0) is 10.1. The highest BCUT2D eigenvalue weighted by Crippen LogP contribution is 2.29. The minimum absolute atomic E-state index is 0.188. The first kappa shape index (κ1) is 9.28. The van der Waals surface area contributed by atoms with Crippen LogP contribution in [0.2, 0.25) is 5.02 Å². The minimum atomic E-state index is -0.188. The van der Waals surface area contributed by atoms with Crippen molar-refractivity contribution < 1.29 is 9.53 Å². The van der Waals surface area contributed by atoms with Crippen LogP contribution in [0.15, 0.2) is 30.0 Å². The van der Waals surface area contributed by atoms with Crippen molar-refractivity contribution in [2.45, 2.75) is 13.3 Å². The van der Waals surface area contributed by atoms with E-state index in [0.717, 1.165) is 11.1 Å². The van der Waals surface area contributed by atoms with Crippen molar-refractivity contribution in [3.05, 3.63) is 40.6 Å². The van der Waals surface area contributed by atoms with Gasteiger partial charge >= 0.3 is 5.97 Å². The Morgan fingerprint density at radius 3 is 2.43 bits per heavy atom. The highest BCUT2D eigenvalue weighted by atomic mass is 35.5. The van der Waals surface area contributed by atoms with Gasteiger partial charge in [-0.05, 0) is 24.6 Å². The van der Waals surface area contributed by atoms with Crippen LogP contribution in [0.25, 0.3) is 5.57 Å². The van der Waals surface area contributed by atoms with Crippen molar-refractivity contribution in [3.8, 4) is 0 Å². The summed E-state index contributed by atoms with van der Waals surface area (Å²) in [4.78, 5) is 11.0. The van der Waals surface area contributed by atoms with Gasteiger partial charge in [0.05, 0.1) is 6.42 Å². The standard InChI is InChI=1S/C11H9ClO2/c1-7-10(6-11(13)14-7)8-2-4-9(12)5-3-8/h2-5H,6H2,1H3. The molecule has 0 unspecified atom stereocenters. The predicted molar refractivity (Wildman–Crippen MR) is 54.8 cm³/mol. The molecule has 0 aliphatic carbocycles. The third-order valence-corrected chi connectivity index (χ3v) is 2.46. The number of ether oxygens (including phenoxy) is 1. The van der Waals surface area contributed by atoms with Crippen LogP contribution in [0.4, 0.5) is 0 Å². The Labute approximate surface area is 87.1 Å². The van der Waals surface area contributed by atoms with Gasteiger partial charge in [-0.2, -0.15) is 0 Å². The Kier molecular flexibility index (Phi) is 2.30. The predicted octanol–water partition coefficient (Wildman–Crippen LogP) is 3.02. The minimum Gasteiger partial charge on any atom is -0.431 e. The number of benzene rings is 1. The quantitative estimate of drug-likeness (QED) is 0.664. The second-order valence-electron chi connectivity index (χ2n) is 3.19. The van der Waals surface area contributed by atoms with Crippen molar-refractivity contribution in [2.24, 2.45) is 0 Å². The molecule has 1 aromatic carbocycles. The van der Waals surface area contributed by atoms with Crippen LogP contribution in [0, 0.1) is 0 Å². The molecule has 0 saturated carbocycles. The van der Waals surface area contributed by atoms with E-state index in [-0.39, 0.29) is 5.97 Å². The van der Waals surface area contributed by atoms with E-state index < -0.39 is 0 Å². The summed E-state index contributed by atoms with van der Waals surface area (Å²) in [6, 6.07) is 7.40. The van der Waals surface area contributed by atoms with E-state index in [2.05, 4.69) is 0 Å². The van der Waals surface area contributed by atoms with E-state index in [1.54, 1.807) is 19.1 Å². The number of allylic oxidation sites excluding steroid dienone is 1. The van der Waals surface area contributed by atoms with Gasteiger partial charge in [-0.15, -0.1) is 0 Å². The maximum Gasteiger partial charge on any atom is 0.315 e. The maximum absolute atomic E-state index is 11.0. The molecule has 1 aliphatic heterocycles. The zero-order valence-corrected chi connectivity index (χ0v) is 8.47. The molecule has 14 heavy (non-hydrogen) atoms. The van der Waals surface area contributed by atoms with Crippen molar-refractivity contribution in [3.63, 3.8) is 0 Å². The highest BCUT2D eigenvalue weighted by Gasteiger charge is 2.21. The Morgan fingerprint density at radius 1 is 1.29 bits per heavy atom. The van der Waals surface area contributed by atoms with Gasteiger partial charge in [-0.1, -0.05) is 23.7 Å². The molecule has 0 bridgehead atoms. The van der Waals surface area contributed by atoms with Crippen molar-refractivity contribution in [2.75, 3.05) is 0 Å². The highest BCUT2D eigenvalue weighted by molar-refractivity contribution is 6.30. The molecular formula is C11H9ClO2. The van der Waals surface area contributed by atoms with Gasteiger partial charge in [0.2, 0.25) is 0 Å². The fourth-order valence-electron chi connectivity index (χ4n) is 1.49. The van der Waals surface area contributed by atoms with Crippen LogP contribution in [-0.4, -0.2) is 5.97 Å². The van der Waals surface area contributed by atoms with E-state index in [0.29, 0.717) is 17.2 Å². The van der Waals surface area contributed by atoms with Crippen LogP contribution in [0.5, 0.6) is 0 Å². The Bertz CT molecular complexity index is 404. The molecule has 3 heteroatoms. The van der Waals surface area contributed by atoms with E-state index >= 15 is 0 Å². The molecule has 0 radical (unpaired) electrons. The van der Waals surface area contributed by atoms with Crippen LogP contribution >= 0.6 is 11.6 Å². The number of hydrogen-bond donors (Lipinski definition) is 0. The fourth-order valence-corrected chi connectivity index (χ4v) is 1.62. The molecule has 0 atom stereocenters. The largest absolute Gasteiger partial charge is 0.431 e. The Morgan fingerprint density at radius 2 is 1.93 bits per heavy atom. The first-order valence-electron chi connectivity index (χ1n) is 4.33. The molecule has 1 heterocycles. The van der Waals surface area contributed by atoms with Crippen molar-refractivity contribution in [1.82, 2.24) is 0 Å². The molecule has 0 fully saturated rings. The molecule has 72 valence electrons. The SMILES string of the molecule is CC1=C(c2ccc(Cl)cc2)CC(=O)O1. The second kappa shape index (κ2) is 3.46. The van der Waals surface area contributed by atoms with Gasteiger partial charge in [0.1, 0.15) is 5.76 Å².